The van der Waals surface area contributed by atoms with E-state index < -0.39 is 0 Å². The molecule has 1 heterocycles. The van der Waals surface area contributed by atoms with E-state index in [4.69, 9.17) is 0 Å². The lowest BCUT2D eigenvalue weighted by molar-refractivity contribution is -0.116. The minimum Gasteiger partial charge on any atom is -0.340 e. The fourth-order valence-corrected chi connectivity index (χ4v) is 2.57. The van der Waals surface area contributed by atoms with Crippen molar-refractivity contribution in [3.8, 4) is 0 Å². The number of aryl methyl sites for hydroxylation is 1. The fourth-order valence-electron chi connectivity index (χ4n) is 1.63. The van der Waals surface area contributed by atoms with Crippen molar-refractivity contribution in [2.24, 2.45) is 0 Å². The number of para-hydroxylation sites is 1. The van der Waals surface area contributed by atoms with Crippen LogP contribution in [0.4, 0.5) is 11.5 Å². The van der Waals surface area contributed by atoms with Crippen LogP contribution in [0.1, 0.15) is 19.0 Å². The maximum absolute atomic E-state index is 10.9. The third kappa shape index (κ3) is 4.66. The average molecular weight is 287 g/mol. The molecule has 0 atom stereocenters. The number of nitrogens with one attached hydrogen (secondary N) is 1. The first-order valence-corrected chi connectivity index (χ1v) is 7.42. The van der Waals surface area contributed by atoms with E-state index in [1.165, 1.54) is 11.8 Å². The second-order valence-corrected chi connectivity index (χ2v) is 5.53. The van der Waals surface area contributed by atoms with Crippen molar-refractivity contribution in [2.45, 2.75) is 25.4 Å². The maximum Gasteiger partial charge on any atom is 0.189 e. The van der Waals surface area contributed by atoms with E-state index in [1.807, 2.05) is 43.3 Å². The van der Waals surface area contributed by atoms with Crippen molar-refractivity contribution < 1.29 is 4.79 Å². The van der Waals surface area contributed by atoms with Crippen molar-refractivity contribution in [3.05, 3.63) is 42.1 Å². The van der Waals surface area contributed by atoms with E-state index >= 15 is 0 Å². The molecule has 104 valence electrons. The van der Waals surface area contributed by atoms with Crippen LogP contribution in [-0.4, -0.2) is 21.5 Å². The number of benzene rings is 1. The monoisotopic (exact) mass is 287 g/mol. The molecular weight excluding hydrogens is 270 g/mol. The highest BCUT2D eigenvalue weighted by Crippen LogP contribution is 2.20. The van der Waals surface area contributed by atoms with Gasteiger partial charge in [-0.1, -0.05) is 30.0 Å². The van der Waals surface area contributed by atoms with E-state index in [0.717, 1.165) is 17.2 Å². The Morgan fingerprint density at radius 3 is 2.70 bits per heavy atom. The van der Waals surface area contributed by atoms with Crippen LogP contribution in [0.5, 0.6) is 0 Å². The smallest absolute Gasteiger partial charge is 0.189 e. The van der Waals surface area contributed by atoms with Crippen molar-refractivity contribution >= 4 is 29.1 Å². The Labute approximate surface area is 123 Å². The van der Waals surface area contributed by atoms with Gasteiger partial charge in [-0.2, -0.15) is 0 Å². The zero-order valence-corrected chi connectivity index (χ0v) is 12.4. The standard InChI is InChI=1S/C15H17N3OS/c1-11-10-14(17-13-6-4-3-5-7-13)18-15(16-11)20-9-8-12(2)19/h3-7,10H,8-9H2,1-2H3,(H,16,17,18). The van der Waals surface area contributed by atoms with E-state index in [0.29, 0.717) is 17.3 Å². The molecule has 5 heteroatoms. The number of nitrogens with zero attached hydrogens (tertiary/aromatic N) is 2. The van der Waals surface area contributed by atoms with Gasteiger partial charge in [0, 0.05) is 29.6 Å². The van der Waals surface area contributed by atoms with Gasteiger partial charge in [0.2, 0.25) is 0 Å². The molecule has 4 nitrogen and oxygen atoms in total. The highest BCUT2D eigenvalue weighted by atomic mass is 32.2. The summed E-state index contributed by atoms with van der Waals surface area (Å²) in [6.07, 6.45) is 0.545. The number of rotatable bonds is 6. The Morgan fingerprint density at radius 1 is 1.25 bits per heavy atom. The van der Waals surface area contributed by atoms with Gasteiger partial charge in [0.15, 0.2) is 5.16 Å². The van der Waals surface area contributed by atoms with E-state index in [1.54, 1.807) is 6.92 Å². The lowest BCUT2D eigenvalue weighted by atomic mass is 10.3. The number of Topliss-reactive ketones (excluding diaryl/α,β-unsaturated/α-hetero) is 1. The van der Waals surface area contributed by atoms with Crippen molar-refractivity contribution in [1.82, 2.24) is 9.97 Å². The summed E-state index contributed by atoms with van der Waals surface area (Å²) in [5.41, 5.74) is 1.90. The summed E-state index contributed by atoms with van der Waals surface area (Å²) < 4.78 is 0. The molecule has 0 saturated heterocycles. The molecule has 0 saturated carbocycles. The molecule has 0 aliphatic heterocycles. The SMILES string of the molecule is CC(=O)CCSc1nc(C)cc(Nc2ccccc2)n1. The first kappa shape index (κ1) is 14.5. The molecule has 2 rings (SSSR count). The van der Waals surface area contributed by atoms with E-state index in [-0.39, 0.29) is 5.78 Å². The van der Waals surface area contributed by atoms with Crippen LogP contribution in [0.15, 0.2) is 41.6 Å². The van der Waals surface area contributed by atoms with Gasteiger partial charge in [-0.25, -0.2) is 9.97 Å². The lowest BCUT2D eigenvalue weighted by Gasteiger charge is -2.08. The summed E-state index contributed by atoms with van der Waals surface area (Å²) in [6.45, 7) is 3.53. The lowest BCUT2D eigenvalue weighted by Crippen LogP contribution is -1.99. The number of hydrogen-bond acceptors (Lipinski definition) is 5. The van der Waals surface area contributed by atoms with Crippen LogP contribution >= 0.6 is 11.8 Å². The normalized spacial score (nSPS) is 10.3. The van der Waals surface area contributed by atoms with Gasteiger partial charge in [0.1, 0.15) is 11.6 Å². The van der Waals surface area contributed by atoms with Crippen molar-refractivity contribution in [3.63, 3.8) is 0 Å². The van der Waals surface area contributed by atoms with Gasteiger partial charge < -0.3 is 5.32 Å². The third-order valence-corrected chi connectivity index (χ3v) is 3.41. The number of carbonyl (C=O) groups excluding carboxylic acids is 1. The molecule has 0 bridgehead atoms. The Hall–Kier alpha value is -1.88. The second-order valence-electron chi connectivity index (χ2n) is 4.47. The Bertz CT molecular complexity index is 587. The summed E-state index contributed by atoms with van der Waals surface area (Å²) in [6, 6.07) is 11.8. The summed E-state index contributed by atoms with van der Waals surface area (Å²) >= 11 is 1.50. The molecular formula is C15H17N3OS. The van der Waals surface area contributed by atoms with Gasteiger partial charge in [-0.05, 0) is 26.0 Å². The van der Waals surface area contributed by atoms with Crippen LogP contribution < -0.4 is 5.32 Å². The Kier molecular flexibility index (Phi) is 5.12. The first-order chi connectivity index (χ1) is 9.63. The van der Waals surface area contributed by atoms with E-state index in [2.05, 4.69) is 15.3 Å². The summed E-state index contributed by atoms with van der Waals surface area (Å²) in [7, 11) is 0. The number of anilines is 2. The van der Waals surface area contributed by atoms with Crippen molar-refractivity contribution in [2.75, 3.05) is 11.1 Å². The Morgan fingerprint density at radius 2 is 2.00 bits per heavy atom. The third-order valence-electron chi connectivity index (χ3n) is 2.57. The molecule has 0 unspecified atom stereocenters. The zero-order valence-electron chi connectivity index (χ0n) is 11.6. The van der Waals surface area contributed by atoms with Crippen LogP contribution in [-0.2, 0) is 4.79 Å². The predicted octanol–water partition coefficient (Wildman–Crippen LogP) is 3.60. The van der Waals surface area contributed by atoms with Crippen LogP contribution in [0.25, 0.3) is 0 Å². The average Bonchev–Trinajstić information content (AvgIpc) is 2.38. The van der Waals surface area contributed by atoms with Gasteiger partial charge in [0.05, 0.1) is 0 Å². The molecule has 20 heavy (non-hydrogen) atoms. The number of thioether (sulfide) groups is 1. The topological polar surface area (TPSA) is 54.9 Å². The van der Waals surface area contributed by atoms with E-state index in [9.17, 15) is 4.79 Å². The molecule has 1 aromatic carbocycles. The minimum atomic E-state index is 0.188. The summed E-state index contributed by atoms with van der Waals surface area (Å²) in [5, 5.41) is 3.95. The molecule has 2 aromatic rings. The van der Waals surface area contributed by atoms with Crippen LogP contribution in [0.3, 0.4) is 0 Å². The molecule has 0 radical (unpaired) electrons. The van der Waals surface area contributed by atoms with Gasteiger partial charge >= 0.3 is 0 Å². The molecule has 0 fully saturated rings. The number of aromatic nitrogens is 2. The van der Waals surface area contributed by atoms with Crippen molar-refractivity contribution in [1.29, 1.82) is 0 Å². The molecule has 1 aromatic heterocycles. The quantitative estimate of drug-likeness (QED) is 0.650. The number of carbonyl (C=O) groups is 1. The van der Waals surface area contributed by atoms with Gasteiger partial charge in [-0.15, -0.1) is 0 Å². The van der Waals surface area contributed by atoms with Gasteiger partial charge in [0.25, 0.3) is 0 Å². The zero-order chi connectivity index (χ0) is 14.4. The predicted molar refractivity (Wildman–Crippen MR) is 82.5 cm³/mol. The van der Waals surface area contributed by atoms with Crippen LogP contribution in [0, 0.1) is 6.92 Å². The fraction of sp³-hybridized carbons (Fsp3) is 0.267. The molecule has 0 aliphatic rings. The van der Waals surface area contributed by atoms with Gasteiger partial charge in [-0.3, -0.25) is 4.79 Å². The summed E-state index contributed by atoms with van der Waals surface area (Å²) in [4.78, 5) is 19.8. The first-order valence-electron chi connectivity index (χ1n) is 6.43. The van der Waals surface area contributed by atoms with Crippen LogP contribution in [0.2, 0.25) is 0 Å². The molecule has 0 amide bonds. The largest absolute Gasteiger partial charge is 0.340 e. The highest BCUT2D eigenvalue weighted by Gasteiger charge is 2.04. The molecule has 1 N–H and O–H groups in total. The molecule has 0 aliphatic carbocycles. The number of ketones is 1. The summed E-state index contributed by atoms with van der Waals surface area (Å²) in [5.74, 6) is 1.67. The Balaban J connectivity index is 2.06. The maximum atomic E-state index is 10.9. The number of hydrogen-bond donors (Lipinski definition) is 1. The second kappa shape index (κ2) is 7.05. The molecule has 0 spiro atoms. The minimum absolute atomic E-state index is 0.188. The highest BCUT2D eigenvalue weighted by molar-refractivity contribution is 7.99.